The van der Waals surface area contributed by atoms with Gasteiger partial charge in [-0.15, -0.1) is 0 Å². The average Bonchev–Trinajstić information content (AvgIpc) is 2.59. The van der Waals surface area contributed by atoms with Gasteiger partial charge in [-0.25, -0.2) is 0 Å². The van der Waals surface area contributed by atoms with Crippen molar-refractivity contribution in [1.82, 2.24) is 14.8 Å². The predicted octanol–water partition coefficient (Wildman–Crippen LogP) is 1.02. The summed E-state index contributed by atoms with van der Waals surface area (Å²) < 4.78 is 1.93. The molecule has 0 aliphatic carbocycles. The van der Waals surface area contributed by atoms with Crippen LogP contribution in [-0.4, -0.2) is 42.6 Å². The number of hydrogen-bond acceptors (Lipinski definition) is 2. The summed E-state index contributed by atoms with van der Waals surface area (Å²) in [7, 11) is 5.69. The fourth-order valence-corrected chi connectivity index (χ4v) is 1.62. The number of carbonyl (C=O) groups is 1. The van der Waals surface area contributed by atoms with Gasteiger partial charge in [-0.3, -0.25) is 4.79 Å². The molecule has 0 fully saturated rings. The SMILES string of the molecule is CNCCCN(C)C(=O)c1ccc(C)n1C. The molecule has 90 valence electrons. The molecule has 1 heterocycles. The highest BCUT2D eigenvalue weighted by Gasteiger charge is 2.14. The predicted molar refractivity (Wildman–Crippen MR) is 65.7 cm³/mol. The molecular formula is C12H21N3O. The lowest BCUT2D eigenvalue weighted by atomic mass is 10.3. The van der Waals surface area contributed by atoms with Crippen LogP contribution >= 0.6 is 0 Å². The zero-order chi connectivity index (χ0) is 12.1. The summed E-state index contributed by atoms with van der Waals surface area (Å²) in [4.78, 5) is 13.8. The van der Waals surface area contributed by atoms with E-state index in [0.29, 0.717) is 0 Å². The van der Waals surface area contributed by atoms with Crippen molar-refractivity contribution in [3.63, 3.8) is 0 Å². The smallest absolute Gasteiger partial charge is 0.270 e. The van der Waals surface area contributed by atoms with Crippen LogP contribution in [0.5, 0.6) is 0 Å². The maximum atomic E-state index is 12.1. The van der Waals surface area contributed by atoms with Gasteiger partial charge in [0.1, 0.15) is 5.69 Å². The van der Waals surface area contributed by atoms with Gasteiger partial charge in [0.25, 0.3) is 5.91 Å². The lowest BCUT2D eigenvalue weighted by Gasteiger charge is -2.17. The van der Waals surface area contributed by atoms with E-state index in [9.17, 15) is 4.79 Å². The maximum Gasteiger partial charge on any atom is 0.270 e. The molecular weight excluding hydrogens is 202 g/mol. The molecule has 0 unspecified atom stereocenters. The van der Waals surface area contributed by atoms with Gasteiger partial charge >= 0.3 is 0 Å². The van der Waals surface area contributed by atoms with Gasteiger partial charge in [-0.1, -0.05) is 0 Å². The van der Waals surface area contributed by atoms with Crippen molar-refractivity contribution in [2.75, 3.05) is 27.2 Å². The molecule has 0 aliphatic heterocycles. The molecule has 0 saturated carbocycles. The van der Waals surface area contributed by atoms with Crippen LogP contribution in [0.2, 0.25) is 0 Å². The summed E-state index contributed by atoms with van der Waals surface area (Å²) in [6.07, 6.45) is 0.974. The Kier molecular flexibility index (Phi) is 4.55. The normalized spacial score (nSPS) is 10.5. The monoisotopic (exact) mass is 223 g/mol. The van der Waals surface area contributed by atoms with Gasteiger partial charge in [0.2, 0.25) is 0 Å². The lowest BCUT2D eigenvalue weighted by molar-refractivity contribution is 0.0784. The molecule has 1 amide bonds. The zero-order valence-corrected chi connectivity index (χ0v) is 10.6. The summed E-state index contributed by atoms with van der Waals surface area (Å²) in [5, 5.41) is 3.07. The van der Waals surface area contributed by atoms with E-state index in [1.807, 2.05) is 44.8 Å². The van der Waals surface area contributed by atoms with Crippen LogP contribution in [0, 0.1) is 6.92 Å². The number of rotatable bonds is 5. The largest absolute Gasteiger partial charge is 0.344 e. The first-order valence-corrected chi connectivity index (χ1v) is 5.60. The van der Waals surface area contributed by atoms with Crippen molar-refractivity contribution < 1.29 is 4.79 Å². The third kappa shape index (κ3) is 2.85. The van der Waals surface area contributed by atoms with Gasteiger partial charge in [-0.05, 0) is 39.1 Å². The molecule has 4 heteroatoms. The number of nitrogens with one attached hydrogen (secondary N) is 1. The fourth-order valence-electron chi connectivity index (χ4n) is 1.62. The van der Waals surface area contributed by atoms with E-state index in [4.69, 9.17) is 0 Å². The summed E-state index contributed by atoms with van der Waals surface area (Å²) >= 11 is 0. The molecule has 4 nitrogen and oxygen atoms in total. The fraction of sp³-hybridized carbons (Fsp3) is 0.583. The first kappa shape index (κ1) is 12.8. The number of aryl methyl sites for hydroxylation is 1. The van der Waals surface area contributed by atoms with Gasteiger partial charge in [0.15, 0.2) is 0 Å². The Morgan fingerprint density at radius 3 is 2.69 bits per heavy atom. The van der Waals surface area contributed by atoms with E-state index in [0.717, 1.165) is 30.9 Å². The zero-order valence-electron chi connectivity index (χ0n) is 10.6. The number of nitrogens with zero attached hydrogens (tertiary/aromatic N) is 2. The van der Waals surface area contributed by atoms with Crippen LogP contribution in [0.3, 0.4) is 0 Å². The van der Waals surface area contributed by atoms with Crippen LogP contribution in [-0.2, 0) is 7.05 Å². The van der Waals surface area contributed by atoms with Crippen LogP contribution < -0.4 is 5.32 Å². The molecule has 1 N–H and O–H groups in total. The summed E-state index contributed by atoms with van der Waals surface area (Å²) in [5.41, 5.74) is 1.86. The van der Waals surface area contributed by atoms with E-state index in [1.165, 1.54) is 0 Å². The van der Waals surface area contributed by atoms with Gasteiger partial charge in [-0.2, -0.15) is 0 Å². The number of carbonyl (C=O) groups excluding carboxylic acids is 1. The maximum absolute atomic E-state index is 12.1. The highest BCUT2D eigenvalue weighted by Crippen LogP contribution is 2.08. The molecule has 1 aromatic rings. The van der Waals surface area contributed by atoms with Crippen molar-refractivity contribution in [1.29, 1.82) is 0 Å². The Morgan fingerprint density at radius 1 is 1.50 bits per heavy atom. The van der Waals surface area contributed by atoms with E-state index in [2.05, 4.69) is 5.32 Å². The molecule has 0 spiro atoms. The molecule has 0 saturated heterocycles. The molecule has 0 atom stereocenters. The first-order valence-electron chi connectivity index (χ1n) is 5.60. The Balaban J connectivity index is 2.60. The summed E-state index contributed by atoms with van der Waals surface area (Å²) in [6, 6.07) is 3.85. The quantitative estimate of drug-likeness (QED) is 0.757. The molecule has 1 aromatic heterocycles. The molecule has 0 aliphatic rings. The van der Waals surface area contributed by atoms with Crippen molar-refractivity contribution >= 4 is 5.91 Å². The van der Waals surface area contributed by atoms with Crippen LogP contribution in [0.1, 0.15) is 22.6 Å². The first-order chi connectivity index (χ1) is 7.57. The van der Waals surface area contributed by atoms with E-state index in [-0.39, 0.29) is 5.91 Å². The van der Waals surface area contributed by atoms with Gasteiger partial charge in [0.05, 0.1) is 0 Å². The molecule has 1 rings (SSSR count). The van der Waals surface area contributed by atoms with Gasteiger partial charge < -0.3 is 14.8 Å². The van der Waals surface area contributed by atoms with E-state index < -0.39 is 0 Å². The molecule has 16 heavy (non-hydrogen) atoms. The van der Waals surface area contributed by atoms with Gasteiger partial charge in [0, 0.05) is 26.3 Å². The minimum Gasteiger partial charge on any atom is -0.344 e. The Labute approximate surface area is 97.2 Å². The van der Waals surface area contributed by atoms with Crippen molar-refractivity contribution in [2.24, 2.45) is 7.05 Å². The molecule has 0 aromatic carbocycles. The average molecular weight is 223 g/mol. The van der Waals surface area contributed by atoms with Crippen LogP contribution in [0.4, 0.5) is 0 Å². The lowest BCUT2D eigenvalue weighted by Crippen LogP contribution is -2.30. The van der Waals surface area contributed by atoms with E-state index >= 15 is 0 Å². The summed E-state index contributed by atoms with van der Waals surface area (Å²) in [6.45, 7) is 3.71. The summed E-state index contributed by atoms with van der Waals surface area (Å²) in [5.74, 6) is 0.0895. The standard InChI is InChI=1S/C12H21N3O/c1-10-6-7-11(15(10)4)12(16)14(3)9-5-8-13-2/h6-7,13H,5,8-9H2,1-4H3. The third-order valence-corrected chi connectivity index (χ3v) is 2.86. The minimum absolute atomic E-state index is 0.0895. The minimum atomic E-state index is 0.0895. The number of hydrogen-bond donors (Lipinski definition) is 1. The highest BCUT2D eigenvalue weighted by atomic mass is 16.2. The Hall–Kier alpha value is -1.29. The number of amides is 1. The topological polar surface area (TPSA) is 37.3 Å². The second kappa shape index (κ2) is 5.70. The van der Waals surface area contributed by atoms with Crippen molar-refractivity contribution in [3.8, 4) is 0 Å². The Bertz CT molecular complexity index is 357. The Morgan fingerprint density at radius 2 is 2.19 bits per heavy atom. The van der Waals surface area contributed by atoms with Crippen molar-refractivity contribution in [3.05, 3.63) is 23.5 Å². The second-order valence-corrected chi connectivity index (χ2v) is 4.10. The van der Waals surface area contributed by atoms with E-state index in [1.54, 1.807) is 4.90 Å². The highest BCUT2D eigenvalue weighted by molar-refractivity contribution is 5.92. The van der Waals surface area contributed by atoms with Crippen LogP contribution in [0.25, 0.3) is 0 Å². The molecule has 0 bridgehead atoms. The van der Waals surface area contributed by atoms with Crippen molar-refractivity contribution in [2.45, 2.75) is 13.3 Å². The third-order valence-electron chi connectivity index (χ3n) is 2.86. The second-order valence-electron chi connectivity index (χ2n) is 4.10. The van der Waals surface area contributed by atoms with Crippen LogP contribution in [0.15, 0.2) is 12.1 Å². The molecule has 0 radical (unpaired) electrons. The number of aromatic nitrogens is 1.